The molecule has 2 aromatic carbocycles. The van der Waals surface area contributed by atoms with Gasteiger partial charge in [-0.25, -0.2) is 8.78 Å². The fourth-order valence-corrected chi connectivity index (χ4v) is 2.50. The van der Waals surface area contributed by atoms with Crippen LogP contribution in [0, 0.1) is 0 Å². The Labute approximate surface area is 134 Å². The molecule has 0 radical (unpaired) electrons. The van der Waals surface area contributed by atoms with Gasteiger partial charge in [0, 0.05) is 18.5 Å². The van der Waals surface area contributed by atoms with Crippen LogP contribution in [0.25, 0.3) is 0 Å². The van der Waals surface area contributed by atoms with Gasteiger partial charge in [0.2, 0.25) is 0 Å². The molecular formula is C18H22F2N2O. The van der Waals surface area contributed by atoms with Crippen molar-refractivity contribution in [3.8, 4) is 0 Å². The molecule has 0 saturated carbocycles. The van der Waals surface area contributed by atoms with Gasteiger partial charge in [-0.3, -0.25) is 0 Å². The Bertz CT molecular complexity index is 592. The van der Waals surface area contributed by atoms with Crippen LogP contribution >= 0.6 is 0 Å². The molecule has 0 aliphatic heterocycles. The van der Waals surface area contributed by atoms with Crippen molar-refractivity contribution >= 4 is 0 Å². The number of hydrogen-bond acceptors (Lipinski definition) is 3. The van der Waals surface area contributed by atoms with Crippen molar-refractivity contribution in [2.75, 3.05) is 0 Å². The van der Waals surface area contributed by atoms with Gasteiger partial charge in [-0.2, -0.15) is 0 Å². The number of aliphatic hydroxyl groups is 1. The molecule has 3 nitrogen and oxygen atoms in total. The first-order valence-corrected chi connectivity index (χ1v) is 7.57. The minimum absolute atomic E-state index is 0.224. The van der Waals surface area contributed by atoms with Crippen molar-refractivity contribution in [1.82, 2.24) is 0 Å². The van der Waals surface area contributed by atoms with Crippen molar-refractivity contribution < 1.29 is 13.9 Å². The van der Waals surface area contributed by atoms with Crippen LogP contribution in [0.15, 0.2) is 60.7 Å². The van der Waals surface area contributed by atoms with E-state index in [0.717, 1.165) is 5.56 Å². The third-order valence-electron chi connectivity index (χ3n) is 3.91. The van der Waals surface area contributed by atoms with E-state index in [1.807, 2.05) is 6.07 Å². The molecule has 5 heteroatoms. The van der Waals surface area contributed by atoms with Crippen LogP contribution in [0.2, 0.25) is 0 Å². The molecule has 23 heavy (non-hydrogen) atoms. The van der Waals surface area contributed by atoms with E-state index in [9.17, 15) is 13.9 Å². The van der Waals surface area contributed by atoms with Crippen LogP contribution in [-0.2, 0) is 0 Å². The summed E-state index contributed by atoms with van der Waals surface area (Å²) in [7, 11) is 0. The van der Waals surface area contributed by atoms with E-state index >= 15 is 0 Å². The predicted octanol–water partition coefficient (Wildman–Crippen LogP) is 3.16. The smallest absolute Gasteiger partial charge is 0.275 e. The molecule has 0 heterocycles. The van der Waals surface area contributed by atoms with Crippen LogP contribution < -0.4 is 11.5 Å². The summed E-state index contributed by atoms with van der Waals surface area (Å²) in [6.45, 7) is 0. The van der Waals surface area contributed by atoms with Gasteiger partial charge < -0.3 is 16.6 Å². The summed E-state index contributed by atoms with van der Waals surface area (Å²) in [5, 5.41) is 9.92. The van der Waals surface area contributed by atoms with Gasteiger partial charge in [0.05, 0.1) is 0 Å². The maximum absolute atomic E-state index is 14.2. The Hall–Kier alpha value is -1.82. The van der Waals surface area contributed by atoms with Crippen LogP contribution in [0.1, 0.15) is 36.1 Å². The zero-order valence-electron chi connectivity index (χ0n) is 12.8. The number of hydrogen-bond donors (Lipinski definition) is 3. The summed E-state index contributed by atoms with van der Waals surface area (Å²) >= 11 is 0. The average molecular weight is 320 g/mol. The number of aliphatic hydroxyl groups excluding tert-OH is 1. The largest absolute Gasteiger partial charge is 0.387 e. The fourth-order valence-electron chi connectivity index (χ4n) is 2.50. The summed E-state index contributed by atoms with van der Waals surface area (Å²) in [6.07, 6.45) is -2.69. The molecule has 0 aliphatic carbocycles. The highest BCUT2D eigenvalue weighted by Gasteiger charge is 2.40. The molecule has 3 atom stereocenters. The minimum Gasteiger partial charge on any atom is -0.387 e. The van der Waals surface area contributed by atoms with Gasteiger partial charge in [0.25, 0.3) is 5.92 Å². The number of rotatable bonds is 7. The minimum atomic E-state index is -3.30. The molecule has 5 N–H and O–H groups in total. The normalized spacial score (nSPS) is 15.9. The number of nitrogens with two attached hydrogens (primary N) is 2. The molecular weight excluding hydrogens is 298 g/mol. The summed E-state index contributed by atoms with van der Waals surface area (Å²) < 4.78 is 28.5. The molecule has 2 aromatic rings. The second kappa shape index (κ2) is 7.64. The van der Waals surface area contributed by atoms with Crippen molar-refractivity contribution in [1.29, 1.82) is 0 Å². The Morgan fingerprint density at radius 2 is 1.26 bits per heavy atom. The number of alkyl halides is 2. The number of benzene rings is 2. The first kappa shape index (κ1) is 17.5. The molecule has 124 valence electrons. The maximum atomic E-state index is 14.2. The molecule has 0 bridgehead atoms. The molecule has 0 fully saturated rings. The van der Waals surface area contributed by atoms with Crippen LogP contribution in [0.5, 0.6) is 0 Å². The highest BCUT2D eigenvalue weighted by molar-refractivity contribution is 5.20. The second-order valence-electron chi connectivity index (χ2n) is 5.75. The van der Waals surface area contributed by atoms with E-state index in [1.165, 1.54) is 0 Å². The highest BCUT2D eigenvalue weighted by atomic mass is 19.3. The lowest BCUT2D eigenvalue weighted by Gasteiger charge is -2.27. The summed E-state index contributed by atoms with van der Waals surface area (Å²) in [5.74, 6) is -3.30. The quantitative estimate of drug-likeness (QED) is 0.734. The molecule has 0 aromatic heterocycles. The Kier molecular flexibility index (Phi) is 5.82. The van der Waals surface area contributed by atoms with Gasteiger partial charge in [-0.15, -0.1) is 0 Å². The van der Waals surface area contributed by atoms with Crippen molar-refractivity contribution in [3.05, 3.63) is 71.8 Å². The Balaban J connectivity index is 1.98. The van der Waals surface area contributed by atoms with Crippen molar-refractivity contribution in [3.63, 3.8) is 0 Å². The summed E-state index contributed by atoms with van der Waals surface area (Å²) in [6, 6.07) is 16.1. The molecule has 0 amide bonds. The topological polar surface area (TPSA) is 72.3 Å². The zero-order chi connectivity index (χ0) is 16.9. The van der Waals surface area contributed by atoms with E-state index < -0.39 is 30.5 Å². The fraction of sp³-hybridized carbons (Fsp3) is 0.333. The Morgan fingerprint density at radius 1 is 0.826 bits per heavy atom. The maximum Gasteiger partial charge on any atom is 0.275 e. The monoisotopic (exact) mass is 320 g/mol. The lowest BCUT2D eigenvalue weighted by molar-refractivity contribution is -0.121. The summed E-state index contributed by atoms with van der Waals surface area (Å²) in [5.41, 5.74) is 13.1. The second-order valence-corrected chi connectivity index (χ2v) is 5.75. The van der Waals surface area contributed by atoms with E-state index in [1.54, 1.807) is 54.6 Å². The first-order chi connectivity index (χ1) is 10.9. The van der Waals surface area contributed by atoms with Crippen molar-refractivity contribution in [2.24, 2.45) is 11.5 Å². The number of halogens is 2. The van der Waals surface area contributed by atoms with E-state index in [4.69, 9.17) is 11.5 Å². The van der Waals surface area contributed by atoms with E-state index in [2.05, 4.69) is 0 Å². The van der Waals surface area contributed by atoms with E-state index in [0.29, 0.717) is 5.56 Å². The van der Waals surface area contributed by atoms with Crippen LogP contribution in [-0.4, -0.2) is 17.1 Å². The van der Waals surface area contributed by atoms with Crippen LogP contribution in [0.3, 0.4) is 0 Å². The van der Waals surface area contributed by atoms with Gasteiger partial charge in [0.1, 0.15) is 6.10 Å². The third kappa shape index (κ3) is 4.82. The predicted molar refractivity (Wildman–Crippen MR) is 86.9 cm³/mol. The molecule has 0 aliphatic rings. The van der Waals surface area contributed by atoms with Gasteiger partial charge in [0.15, 0.2) is 0 Å². The highest BCUT2D eigenvalue weighted by Crippen LogP contribution is 2.33. The van der Waals surface area contributed by atoms with Gasteiger partial charge in [-0.05, 0) is 17.5 Å². The standard InChI is InChI=1S/C18H22F2N2O/c19-18(20,12-16(22)14-9-5-2-6-10-14)17(23)11-15(21)13-7-3-1-4-8-13/h1-10,15-17,23H,11-12,21-22H2. The lowest BCUT2D eigenvalue weighted by atomic mass is 9.93. The third-order valence-corrected chi connectivity index (χ3v) is 3.91. The molecule has 0 saturated heterocycles. The van der Waals surface area contributed by atoms with Crippen molar-refractivity contribution in [2.45, 2.75) is 37.0 Å². The van der Waals surface area contributed by atoms with E-state index in [-0.39, 0.29) is 6.42 Å². The molecule has 2 rings (SSSR count). The molecule has 0 spiro atoms. The first-order valence-electron chi connectivity index (χ1n) is 7.57. The van der Waals surface area contributed by atoms with Gasteiger partial charge >= 0.3 is 0 Å². The average Bonchev–Trinajstić information content (AvgIpc) is 2.56. The zero-order valence-corrected chi connectivity index (χ0v) is 12.8. The lowest BCUT2D eigenvalue weighted by Crippen LogP contribution is -2.38. The Morgan fingerprint density at radius 3 is 1.74 bits per heavy atom. The molecule has 3 unspecified atom stereocenters. The summed E-state index contributed by atoms with van der Waals surface area (Å²) in [4.78, 5) is 0. The van der Waals surface area contributed by atoms with Gasteiger partial charge in [-0.1, -0.05) is 60.7 Å². The van der Waals surface area contributed by atoms with Crippen LogP contribution in [0.4, 0.5) is 8.78 Å². The SMILES string of the molecule is NC(CC(O)C(F)(F)CC(N)c1ccccc1)c1ccccc1.